The lowest BCUT2D eigenvalue weighted by Crippen LogP contribution is -2.34. The molecule has 3 aromatic rings. The first-order valence-corrected chi connectivity index (χ1v) is 9.83. The molecule has 0 spiro atoms. The number of benzene rings is 1. The number of carbonyl (C=O) groups excluding carboxylic acids is 1. The van der Waals surface area contributed by atoms with Crippen LogP contribution in [0.2, 0.25) is 0 Å². The molecule has 1 amide bonds. The molecule has 180 valence electrons. The van der Waals surface area contributed by atoms with Crippen molar-refractivity contribution in [3.05, 3.63) is 63.6 Å². The highest BCUT2D eigenvalue weighted by atomic mass is 19.4. The largest absolute Gasteiger partial charge is 0.458 e. The van der Waals surface area contributed by atoms with Gasteiger partial charge in [-0.2, -0.15) is 27.1 Å². The van der Waals surface area contributed by atoms with Crippen molar-refractivity contribution >= 4 is 28.7 Å². The monoisotopic (exact) mass is 482 g/mol. The molecule has 0 saturated heterocycles. The molecule has 2 aromatic heterocycles. The van der Waals surface area contributed by atoms with Crippen LogP contribution in [0.5, 0.6) is 0 Å². The molecule has 8 nitrogen and oxygen atoms in total. The highest BCUT2D eigenvalue weighted by Gasteiger charge is 2.58. The number of hydrogen-bond acceptors (Lipinski definition) is 5. The Morgan fingerprint density at radius 3 is 2.41 bits per heavy atom. The Bertz CT molecular complexity index is 1390. The van der Waals surface area contributed by atoms with Gasteiger partial charge in [-0.15, -0.1) is 0 Å². The topological polar surface area (TPSA) is 117 Å². The van der Waals surface area contributed by atoms with Crippen LogP contribution in [0.3, 0.4) is 0 Å². The summed E-state index contributed by atoms with van der Waals surface area (Å²) in [6.07, 6.45) is -3.64. The second-order valence-corrected chi connectivity index (χ2v) is 7.72. The number of carbonyl (C=O) groups is 1. The first-order valence-electron chi connectivity index (χ1n) is 9.83. The quantitative estimate of drug-likeness (QED) is 0.283. The summed E-state index contributed by atoms with van der Waals surface area (Å²) >= 11 is 0. The lowest BCUT2D eigenvalue weighted by molar-refractivity contribution is -0.289. The summed E-state index contributed by atoms with van der Waals surface area (Å²) < 4.78 is 68.1. The van der Waals surface area contributed by atoms with Gasteiger partial charge in [0.25, 0.3) is 5.56 Å². The zero-order valence-corrected chi connectivity index (χ0v) is 17.9. The molecule has 0 aliphatic heterocycles. The Morgan fingerprint density at radius 1 is 1.15 bits per heavy atom. The first-order chi connectivity index (χ1) is 15.8. The molecule has 3 N–H and O–H groups in total. The average Bonchev–Trinajstić information content (AvgIpc) is 2.75. The second kappa shape index (κ2) is 8.80. The van der Waals surface area contributed by atoms with E-state index in [1.54, 1.807) is 13.8 Å². The molecular weight excluding hydrogens is 463 g/mol. The van der Waals surface area contributed by atoms with Crippen molar-refractivity contribution in [3.63, 3.8) is 0 Å². The molecule has 0 aliphatic rings. The summed E-state index contributed by atoms with van der Waals surface area (Å²) in [6.45, 7) is 2.66. The van der Waals surface area contributed by atoms with Crippen LogP contribution in [-0.4, -0.2) is 32.8 Å². The fourth-order valence-electron chi connectivity index (χ4n) is 3.24. The zero-order chi connectivity index (χ0) is 25.4. The van der Waals surface area contributed by atoms with Crippen molar-refractivity contribution in [1.82, 2.24) is 14.3 Å². The Kier molecular flexibility index (Phi) is 6.40. The Balaban J connectivity index is 2.03. The number of aromatic nitrogens is 3. The van der Waals surface area contributed by atoms with Gasteiger partial charge in [-0.3, -0.25) is 25.0 Å². The van der Waals surface area contributed by atoms with Gasteiger partial charge in [-0.05, 0) is 30.2 Å². The highest BCUT2D eigenvalue weighted by molar-refractivity contribution is 5.91. The van der Waals surface area contributed by atoms with Crippen molar-refractivity contribution in [1.29, 1.82) is 10.8 Å². The predicted octanol–water partition coefficient (Wildman–Crippen LogP) is 3.55. The second-order valence-electron chi connectivity index (χ2n) is 7.72. The first kappa shape index (κ1) is 24.7. The molecule has 1 aromatic carbocycles. The minimum Gasteiger partial charge on any atom is -0.323 e. The van der Waals surface area contributed by atoms with Crippen LogP contribution < -0.4 is 16.4 Å². The molecule has 0 radical (unpaired) electrons. The van der Waals surface area contributed by atoms with E-state index in [9.17, 15) is 31.5 Å². The van der Waals surface area contributed by atoms with Gasteiger partial charge < -0.3 is 5.32 Å². The maximum absolute atomic E-state index is 13.9. The molecule has 0 bridgehead atoms. The average molecular weight is 482 g/mol. The SMILES string of the molecule is CC(C)c1nn(CC(=O)Nc2ccc(=N)n(C=N)c2)c(=O)c2ccc(C(F)(F)C(F)(F)F)cc12. The number of hydrogen-bond donors (Lipinski definition) is 3. The third-order valence-corrected chi connectivity index (χ3v) is 4.95. The van der Waals surface area contributed by atoms with E-state index in [1.807, 2.05) is 0 Å². The van der Waals surface area contributed by atoms with Gasteiger partial charge in [0.2, 0.25) is 5.91 Å². The van der Waals surface area contributed by atoms with E-state index in [2.05, 4.69) is 10.4 Å². The van der Waals surface area contributed by atoms with E-state index >= 15 is 0 Å². The maximum atomic E-state index is 13.9. The van der Waals surface area contributed by atoms with Crippen molar-refractivity contribution in [3.8, 4) is 0 Å². The van der Waals surface area contributed by atoms with Crippen LogP contribution in [0.15, 0.2) is 41.3 Å². The minimum atomic E-state index is -5.81. The number of halogens is 5. The number of nitrogens with zero attached hydrogens (tertiary/aromatic N) is 3. The Labute approximate surface area is 188 Å². The predicted molar refractivity (Wildman–Crippen MR) is 113 cm³/mol. The van der Waals surface area contributed by atoms with Crippen molar-refractivity contribution in [2.24, 2.45) is 0 Å². The summed E-state index contributed by atoms with van der Waals surface area (Å²) in [4.78, 5) is 25.3. The summed E-state index contributed by atoms with van der Waals surface area (Å²) in [7, 11) is 0. The van der Waals surface area contributed by atoms with E-state index in [0.29, 0.717) is 12.1 Å². The van der Waals surface area contributed by atoms with Crippen LogP contribution in [0.4, 0.5) is 27.6 Å². The molecular formula is C21H19F5N6O2. The highest BCUT2D eigenvalue weighted by Crippen LogP contribution is 2.44. The number of anilines is 1. The van der Waals surface area contributed by atoms with Crippen LogP contribution >= 0.6 is 0 Å². The summed E-state index contributed by atoms with van der Waals surface area (Å²) in [5.41, 5.74) is -1.85. The molecule has 2 heterocycles. The van der Waals surface area contributed by atoms with Gasteiger partial charge in [0.1, 0.15) is 12.0 Å². The Hall–Kier alpha value is -3.90. The van der Waals surface area contributed by atoms with E-state index in [-0.39, 0.29) is 27.6 Å². The van der Waals surface area contributed by atoms with E-state index < -0.39 is 41.6 Å². The van der Waals surface area contributed by atoms with Gasteiger partial charge in [0.05, 0.1) is 23.1 Å². The van der Waals surface area contributed by atoms with Gasteiger partial charge >= 0.3 is 12.1 Å². The Morgan fingerprint density at radius 2 is 1.82 bits per heavy atom. The molecule has 0 unspecified atom stereocenters. The lowest BCUT2D eigenvalue weighted by Gasteiger charge is -2.21. The number of rotatable bonds is 6. The summed E-state index contributed by atoms with van der Waals surface area (Å²) in [5.74, 6) is -6.27. The van der Waals surface area contributed by atoms with Crippen LogP contribution in [-0.2, 0) is 17.3 Å². The number of alkyl halides is 5. The zero-order valence-electron chi connectivity index (χ0n) is 17.9. The maximum Gasteiger partial charge on any atom is 0.458 e. The number of nitrogens with one attached hydrogen (secondary N) is 3. The van der Waals surface area contributed by atoms with Gasteiger partial charge in [-0.1, -0.05) is 19.9 Å². The number of pyridine rings is 1. The number of fused-ring (bicyclic) bond motifs is 1. The molecule has 3 rings (SSSR count). The molecule has 34 heavy (non-hydrogen) atoms. The minimum absolute atomic E-state index is 0.00235. The molecule has 0 fully saturated rings. The van der Waals surface area contributed by atoms with Gasteiger partial charge in [0, 0.05) is 17.1 Å². The van der Waals surface area contributed by atoms with Crippen molar-refractivity contribution in [2.75, 3.05) is 5.32 Å². The van der Waals surface area contributed by atoms with Gasteiger partial charge in [0.15, 0.2) is 0 Å². The third-order valence-electron chi connectivity index (χ3n) is 4.95. The molecule has 13 heteroatoms. The van der Waals surface area contributed by atoms with Crippen LogP contribution in [0, 0.1) is 10.8 Å². The molecule has 0 saturated carbocycles. The standard InChI is InChI=1S/C21H19F5N6O2/c1-11(2)18-15-7-12(20(22,23)21(24,25)26)3-5-14(15)19(34)32(30-18)9-17(33)29-13-4-6-16(28)31(8-13)10-27/h3-8,10-11,27-28H,9H2,1-2H3,(H,29,33). The van der Waals surface area contributed by atoms with Crippen LogP contribution in [0.25, 0.3) is 10.8 Å². The van der Waals surface area contributed by atoms with E-state index in [4.69, 9.17) is 10.8 Å². The number of amides is 1. The summed E-state index contributed by atoms with van der Waals surface area (Å²) in [6, 6.07) is 4.76. The van der Waals surface area contributed by atoms with E-state index in [1.165, 1.54) is 18.3 Å². The van der Waals surface area contributed by atoms with Crippen molar-refractivity contribution < 1.29 is 26.7 Å². The summed E-state index contributed by atoms with van der Waals surface area (Å²) in [5, 5.41) is 21.1. The smallest absolute Gasteiger partial charge is 0.323 e. The normalized spacial score (nSPS) is 12.2. The van der Waals surface area contributed by atoms with Gasteiger partial charge in [-0.25, -0.2) is 4.68 Å². The van der Waals surface area contributed by atoms with Crippen LogP contribution in [0.1, 0.15) is 31.0 Å². The molecule has 0 atom stereocenters. The fourth-order valence-corrected chi connectivity index (χ4v) is 3.24. The lowest BCUT2D eigenvalue weighted by atomic mass is 9.98. The molecule has 0 aliphatic carbocycles. The fraction of sp³-hybridized carbons (Fsp3) is 0.286. The third kappa shape index (κ3) is 4.58. The van der Waals surface area contributed by atoms with E-state index in [0.717, 1.165) is 21.7 Å². The van der Waals surface area contributed by atoms with Crippen molar-refractivity contribution in [2.45, 2.75) is 38.4 Å².